The quantitative estimate of drug-likeness (QED) is 0.234. The topological polar surface area (TPSA) is 169 Å². The first-order valence-corrected chi connectivity index (χ1v) is 10.3. The van der Waals surface area contributed by atoms with E-state index < -0.39 is 94.0 Å². The number of aliphatic hydroxyl groups excluding tert-OH is 3. The highest BCUT2D eigenvalue weighted by molar-refractivity contribution is 5.94. The van der Waals surface area contributed by atoms with Crippen molar-refractivity contribution >= 4 is 17.9 Å². The molecule has 2 spiro atoms. The van der Waals surface area contributed by atoms with E-state index >= 15 is 0 Å². The summed E-state index contributed by atoms with van der Waals surface area (Å²) in [6.07, 6.45) is -9.69. The van der Waals surface area contributed by atoms with Crippen LogP contribution in [-0.4, -0.2) is 86.3 Å². The molecule has 0 amide bonds. The van der Waals surface area contributed by atoms with Gasteiger partial charge in [-0.05, 0) is 12.3 Å². The molecule has 0 bridgehead atoms. The van der Waals surface area contributed by atoms with Crippen molar-refractivity contribution in [2.24, 2.45) is 28.1 Å². The maximum Gasteiger partial charge on any atom is 0.343 e. The Kier molecular flexibility index (Phi) is 3.15. The fourth-order valence-corrected chi connectivity index (χ4v) is 8.27. The third-order valence-electron chi connectivity index (χ3n) is 8.95. The van der Waals surface area contributed by atoms with Crippen molar-refractivity contribution in [1.82, 2.24) is 0 Å². The first-order chi connectivity index (χ1) is 14.3. The Morgan fingerprint density at radius 2 is 1.58 bits per heavy atom. The predicted molar refractivity (Wildman–Crippen MR) is 93.4 cm³/mol. The zero-order valence-electron chi connectivity index (χ0n) is 17.3. The SMILES string of the molecule is C[C@@H]1C(=O)OC2C(O)C34C5OC(=O)C3(OC3OC(=O)[C@H](O)C34[C@H](C(C)(C)C)[C@H]5O)[C@]21O. The summed E-state index contributed by atoms with van der Waals surface area (Å²) in [6, 6.07) is 0. The van der Waals surface area contributed by atoms with Crippen LogP contribution in [0.5, 0.6) is 0 Å². The van der Waals surface area contributed by atoms with Gasteiger partial charge in [0.25, 0.3) is 0 Å². The van der Waals surface area contributed by atoms with Crippen LogP contribution < -0.4 is 0 Å². The molecule has 12 atom stereocenters. The largest absolute Gasteiger partial charge is 0.456 e. The molecule has 0 aromatic rings. The Morgan fingerprint density at radius 1 is 0.935 bits per heavy atom. The van der Waals surface area contributed by atoms with Gasteiger partial charge in [0.2, 0.25) is 11.9 Å². The molecule has 11 heteroatoms. The number of carbonyl (C=O) groups is 3. The van der Waals surface area contributed by atoms with Gasteiger partial charge in [0.1, 0.15) is 12.2 Å². The summed E-state index contributed by atoms with van der Waals surface area (Å²) in [5.74, 6) is -5.22. The Labute approximate surface area is 176 Å². The molecule has 2 aliphatic carbocycles. The maximum absolute atomic E-state index is 13.4. The van der Waals surface area contributed by atoms with Gasteiger partial charge in [-0.25, -0.2) is 9.59 Å². The molecule has 7 unspecified atom stereocenters. The van der Waals surface area contributed by atoms with Crippen molar-refractivity contribution in [3.63, 3.8) is 0 Å². The molecule has 0 aromatic heterocycles. The minimum Gasteiger partial charge on any atom is -0.456 e. The average molecular weight is 440 g/mol. The molecule has 170 valence electrons. The van der Waals surface area contributed by atoms with Crippen LogP contribution in [0.1, 0.15) is 27.7 Å². The first kappa shape index (κ1) is 19.9. The molecular formula is C20H24O11. The van der Waals surface area contributed by atoms with Gasteiger partial charge in [0, 0.05) is 5.92 Å². The van der Waals surface area contributed by atoms with Gasteiger partial charge in [-0.2, -0.15) is 0 Å². The van der Waals surface area contributed by atoms with Gasteiger partial charge in [0.05, 0.1) is 22.9 Å². The number of ether oxygens (including phenoxy) is 4. The number of rotatable bonds is 0. The highest BCUT2D eigenvalue weighted by Gasteiger charge is 3.05. The fraction of sp³-hybridized carbons (Fsp3) is 0.850. The van der Waals surface area contributed by atoms with Gasteiger partial charge >= 0.3 is 17.9 Å². The zero-order valence-corrected chi connectivity index (χ0v) is 17.3. The molecular weight excluding hydrogens is 416 g/mol. The lowest BCUT2D eigenvalue weighted by molar-refractivity contribution is -0.240. The van der Waals surface area contributed by atoms with E-state index in [4.69, 9.17) is 18.9 Å². The van der Waals surface area contributed by atoms with Crippen LogP contribution in [-0.2, 0) is 33.3 Å². The molecule has 6 fully saturated rings. The van der Waals surface area contributed by atoms with E-state index in [1.807, 2.05) is 0 Å². The summed E-state index contributed by atoms with van der Waals surface area (Å²) in [4.78, 5) is 38.3. The van der Waals surface area contributed by atoms with Crippen molar-refractivity contribution < 1.29 is 53.8 Å². The lowest BCUT2D eigenvalue weighted by Crippen LogP contribution is -2.67. The average Bonchev–Trinajstić information content (AvgIpc) is 3.35. The number of esters is 3. The normalized spacial score (nSPS) is 61.0. The summed E-state index contributed by atoms with van der Waals surface area (Å²) in [6.45, 7) is 6.63. The van der Waals surface area contributed by atoms with Gasteiger partial charge in [-0.3, -0.25) is 4.79 Å². The summed E-state index contributed by atoms with van der Waals surface area (Å²) in [5, 5.41) is 46.1. The highest BCUT2D eigenvalue weighted by atomic mass is 16.8. The zero-order chi connectivity index (χ0) is 22.7. The molecule has 0 radical (unpaired) electrons. The Bertz CT molecular complexity index is 957. The maximum atomic E-state index is 13.4. The van der Waals surface area contributed by atoms with Crippen LogP contribution in [0.25, 0.3) is 0 Å². The van der Waals surface area contributed by atoms with Crippen LogP contribution in [0.15, 0.2) is 0 Å². The number of carbonyl (C=O) groups excluding carboxylic acids is 3. The number of hydrogen-bond donors (Lipinski definition) is 4. The molecule has 2 saturated carbocycles. The van der Waals surface area contributed by atoms with Gasteiger partial charge in [-0.15, -0.1) is 0 Å². The van der Waals surface area contributed by atoms with E-state index in [1.165, 1.54) is 6.92 Å². The van der Waals surface area contributed by atoms with Crippen molar-refractivity contribution in [2.75, 3.05) is 0 Å². The van der Waals surface area contributed by atoms with E-state index in [0.29, 0.717) is 0 Å². The van der Waals surface area contributed by atoms with Crippen LogP contribution >= 0.6 is 0 Å². The molecule has 4 heterocycles. The van der Waals surface area contributed by atoms with Crippen molar-refractivity contribution in [1.29, 1.82) is 0 Å². The molecule has 6 rings (SSSR count). The van der Waals surface area contributed by atoms with Crippen LogP contribution in [0.4, 0.5) is 0 Å². The standard InChI is InChI=1S/C20H24O11/c1-5-12(24)28-11-8(22)18-10-6(21)7(16(2,3)4)17(18)9(23)13(25)30-15(17)31-20(18,14(26)29-10)19(5,11)27/h5-11,15,21-23,27H,1-4H3/t5-,6-,7+,8?,9+,10?,11?,15?,17?,18?,19-,20?/m1/s1. The Morgan fingerprint density at radius 3 is 2.19 bits per heavy atom. The molecule has 0 aromatic carbocycles. The number of fused-ring (bicyclic) bond motifs is 1. The number of aliphatic hydroxyl groups is 4. The summed E-state index contributed by atoms with van der Waals surface area (Å²) < 4.78 is 22.2. The van der Waals surface area contributed by atoms with Gasteiger partial charge < -0.3 is 39.4 Å². The molecule has 4 saturated heterocycles. The van der Waals surface area contributed by atoms with E-state index in [9.17, 15) is 34.8 Å². The predicted octanol–water partition coefficient (Wildman–Crippen LogP) is -2.40. The van der Waals surface area contributed by atoms with Gasteiger partial charge in [0.15, 0.2) is 17.8 Å². The van der Waals surface area contributed by atoms with E-state index in [1.54, 1.807) is 20.8 Å². The summed E-state index contributed by atoms with van der Waals surface area (Å²) in [5.41, 5.74) is -9.40. The van der Waals surface area contributed by atoms with Crippen LogP contribution in [0.3, 0.4) is 0 Å². The summed E-state index contributed by atoms with van der Waals surface area (Å²) in [7, 11) is 0. The number of hydrogen-bond acceptors (Lipinski definition) is 11. The molecule has 4 N–H and O–H groups in total. The van der Waals surface area contributed by atoms with E-state index in [-0.39, 0.29) is 0 Å². The summed E-state index contributed by atoms with van der Waals surface area (Å²) >= 11 is 0. The second kappa shape index (κ2) is 4.91. The first-order valence-electron chi connectivity index (χ1n) is 10.3. The third kappa shape index (κ3) is 1.43. The molecule has 6 aliphatic rings. The minimum absolute atomic E-state index is 0.792. The molecule has 31 heavy (non-hydrogen) atoms. The monoisotopic (exact) mass is 440 g/mol. The molecule has 4 aliphatic heterocycles. The van der Waals surface area contributed by atoms with Crippen molar-refractivity contribution in [3.8, 4) is 0 Å². The molecule has 11 nitrogen and oxygen atoms in total. The lowest BCUT2D eigenvalue weighted by atomic mass is 9.51. The Balaban J connectivity index is 1.75. The minimum atomic E-state index is -2.40. The van der Waals surface area contributed by atoms with Crippen molar-refractivity contribution in [3.05, 3.63) is 0 Å². The second-order valence-electron chi connectivity index (χ2n) is 10.8. The smallest absolute Gasteiger partial charge is 0.343 e. The van der Waals surface area contributed by atoms with E-state index in [2.05, 4.69) is 0 Å². The third-order valence-corrected chi connectivity index (χ3v) is 8.95. The van der Waals surface area contributed by atoms with E-state index in [0.717, 1.165) is 0 Å². The lowest BCUT2D eigenvalue weighted by Gasteiger charge is -2.47. The van der Waals surface area contributed by atoms with Crippen LogP contribution in [0.2, 0.25) is 0 Å². The second-order valence-corrected chi connectivity index (χ2v) is 10.8. The fourth-order valence-electron chi connectivity index (χ4n) is 8.27. The highest BCUT2D eigenvalue weighted by Crippen LogP contribution is 2.84. The van der Waals surface area contributed by atoms with Crippen molar-refractivity contribution in [2.45, 2.75) is 75.7 Å². The Hall–Kier alpha value is -1.79. The van der Waals surface area contributed by atoms with Gasteiger partial charge in [-0.1, -0.05) is 20.8 Å². The van der Waals surface area contributed by atoms with Crippen LogP contribution in [0, 0.1) is 28.1 Å².